The van der Waals surface area contributed by atoms with E-state index in [2.05, 4.69) is 10.1 Å². The van der Waals surface area contributed by atoms with Crippen molar-refractivity contribution in [3.05, 3.63) is 46.5 Å². The van der Waals surface area contributed by atoms with E-state index in [4.69, 9.17) is 17.3 Å². The Kier molecular flexibility index (Phi) is 3.76. The summed E-state index contributed by atoms with van der Waals surface area (Å²) in [4.78, 5) is 4.45. The van der Waals surface area contributed by atoms with E-state index >= 15 is 0 Å². The number of hydrogen-bond acceptors (Lipinski definition) is 3. The number of hydrogen-bond donors (Lipinski definition) is 1. The first-order valence-electron chi connectivity index (χ1n) is 5.53. The molecule has 0 atom stereocenters. The quantitative estimate of drug-likeness (QED) is 0.896. The molecule has 0 spiro atoms. The highest BCUT2D eigenvalue weighted by Gasteiger charge is 2.09. The van der Waals surface area contributed by atoms with Crippen molar-refractivity contribution in [1.29, 1.82) is 0 Å². The van der Waals surface area contributed by atoms with Crippen LogP contribution in [0.15, 0.2) is 24.3 Å². The molecular weight excluding hydrogens is 236 g/mol. The third-order valence-electron chi connectivity index (χ3n) is 2.57. The standard InChI is InChI=1S/C12H15ClN4/c1-17-12(15-11(16-17)6-7-14)8-9-4-2-3-5-10(9)13/h2-5H,6-8,14H2,1H3. The number of aryl methyl sites for hydroxylation is 1. The third-order valence-corrected chi connectivity index (χ3v) is 2.94. The molecule has 0 aliphatic carbocycles. The van der Waals surface area contributed by atoms with Gasteiger partial charge in [0, 0.05) is 24.9 Å². The topological polar surface area (TPSA) is 56.7 Å². The van der Waals surface area contributed by atoms with Gasteiger partial charge in [0.05, 0.1) is 0 Å². The van der Waals surface area contributed by atoms with Crippen LogP contribution in [0.4, 0.5) is 0 Å². The molecule has 5 heteroatoms. The summed E-state index contributed by atoms with van der Waals surface area (Å²) in [7, 11) is 1.89. The molecule has 0 amide bonds. The molecule has 2 aromatic rings. The minimum Gasteiger partial charge on any atom is -0.330 e. The Bertz CT molecular complexity index is 507. The first-order valence-corrected chi connectivity index (χ1v) is 5.90. The van der Waals surface area contributed by atoms with Crippen molar-refractivity contribution in [2.75, 3.05) is 6.54 Å². The summed E-state index contributed by atoms with van der Waals surface area (Å²) in [5.74, 6) is 1.69. The highest BCUT2D eigenvalue weighted by Crippen LogP contribution is 2.17. The van der Waals surface area contributed by atoms with E-state index < -0.39 is 0 Å². The summed E-state index contributed by atoms with van der Waals surface area (Å²) in [5, 5.41) is 5.07. The van der Waals surface area contributed by atoms with Crippen LogP contribution in [0, 0.1) is 0 Å². The molecule has 0 radical (unpaired) electrons. The average molecular weight is 251 g/mol. The van der Waals surface area contributed by atoms with Crippen molar-refractivity contribution >= 4 is 11.6 Å². The van der Waals surface area contributed by atoms with Gasteiger partial charge in [-0.1, -0.05) is 29.8 Å². The Hall–Kier alpha value is -1.39. The van der Waals surface area contributed by atoms with Crippen LogP contribution in [-0.4, -0.2) is 21.3 Å². The molecule has 2 N–H and O–H groups in total. The Morgan fingerprint density at radius 1 is 1.35 bits per heavy atom. The number of aromatic nitrogens is 3. The van der Waals surface area contributed by atoms with Gasteiger partial charge >= 0.3 is 0 Å². The van der Waals surface area contributed by atoms with E-state index in [0.29, 0.717) is 19.4 Å². The summed E-state index contributed by atoms with van der Waals surface area (Å²) < 4.78 is 1.79. The molecular formula is C12H15ClN4. The second kappa shape index (κ2) is 5.29. The molecule has 1 aromatic carbocycles. The van der Waals surface area contributed by atoms with E-state index in [1.165, 1.54) is 0 Å². The second-order valence-corrected chi connectivity index (χ2v) is 4.28. The summed E-state index contributed by atoms with van der Waals surface area (Å²) in [5.41, 5.74) is 6.55. The molecule has 2 rings (SSSR count). The van der Waals surface area contributed by atoms with Crippen LogP contribution in [-0.2, 0) is 19.9 Å². The van der Waals surface area contributed by atoms with Crippen molar-refractivity contribution in [3.63, 3.8) is 0 Å². The number of nitrogens with zero attached hydrogens (tertiary/aromatic N) is 3. The number of benzene rings is 1. The molecule has 0 saturated heterocycles. The fourth-order valence-corrected chi connectivity index (χ4v) is 1.88. The van der Waals surface area contributed by atoms with E-state index in [9.17, 15) is 0 Å². The lowest BCUT2D eigenvalue weighted by Gasteiger charge is -2.02. The van der Waals surface area contributed by atoms with Gasteiger partial charge in [-0.2, -0.15) is 5.10 Å². The fraction of sp³-hybridized carbons (Fsp3) is 0.333. The van der Waals surface area contributed by atoms with E-state index in [0.717, 1.165) is 22.2 Å². The zero-order valence-electron chi connectivity index (χ0n) is 9.73. The SMILES string of the molecule is Cn1nc(CCN)nc1Cc1ccccc1Cl. The van der Waals surface area contributed by atoms with Gasteiger partial charge in [-0.3, -0.25) is 4.68 Å². The van der Waals surface area contributed by atoms with Crippen LogP contribution >= 0.6 is 11.6 Å². The fourth-order valence-electron chi connectivity index (χ4n) is 1.68. The highest BCUT2D eigenvalue weighted by atomic mass is 35.5. The Balaban J connectivity index is 2.21. The van der Waals surface area contributed by atoms with Crippen LogP contribution in [0.1, 0.15) is 17.2 Å². The lowest BCUT2D eigenvalue weighted by Crippen LogP contribution is -2.04. The molecule has 0 fully saturated rings. The molecule has 4 nitrogen and oxygen atoms in total. The van der Waals surface area contributed by atoms with E-state index in [-0.39, 0.29) is 0 Å². The molecule has 0 unspecified atom stereocenters. The van der Waals surface area contributed by atoms with Crippen LogP contribution in [0.25, 0.3) is 0 Å². The summed E-state index contributed by atoms with van der Waals surface area (Å²) in [6.07, 6.45) is 1.39. The van der Waals surface area contributed by atoms with E-state index in [1.54, 1.807) is 4.68 Å². The first-order chi connectivity index (χ1) is 8.20. The molecule has 17 heavy (non-hydrogen) atoms. The van der Waals surface area contributed by atoms with Gasteiger partial charge in [-0.15, -0.1) is 0 Å². The highest BCUT2D eigenvalue weighted by molar-refractivity contribution is 6.31. The molecule has 0 bridgehead atoms. The van der Waals surface area contributed by atoms with Crippen LogP contribution < -0.4 is 5.73 Å². The third kappa shape index (κ3) is 2.84. The summed E-state index contributed by atoms with van der Waals surface area (Å²) >= 11 is 6.12. The number of rotatable bonds is 4. The maximum absolute atomic E-state index is 6.12. The van der Waals surface area contributed by atoms with Gasteiger partial charge in [0.2, 0.25) is 0 Å². The second-order valence-electron chi connectivity index (χ2n) is 3.87. The first kappa shape index (κ1) is 12.1. The number of halogens is 1. The average Bonchev–Trinajstić information content (AvgIpc) is 2.63. The Morgan fingerprint density at radius 2 is 2.12 bits per heavy atom. The summed E-state index contributed by atoms with van der Waals surface area (Å²) in [6.45, 7) is 0.565. The lowest BCUT2D eigenvalue weighted by atomic mass is 10.1. The maximum Gasteiger partial charge on any atom is 0.152 e. The van der Waals surface area contributed by atoms with Crippen molar-refractivity contribution in [3.8, 4) is 0 Å². The van der Waals surface area contributed by atoms with Gasteiger partial charge in [0.1, 0.15) is 5.82 Å². The number of nitrogens with two attached hydrogens (primary N) is 1. The predicted molar refractivity (Wildman–Crippen MR) is 68.0 cm³/mol. The van der Waals surface area contributed by atoms with Gasteiger partial charge < -0.3 is 5.73 Å². The Labute approximate surface area is 105 Å². The molecule has 1 heterocycles. The zero-order valence-corrected chi connectivity index (χ0v) is 10.5. The lowest BCUT2D eigenvalue weighted by molar-refractivity contribution is 0.704. The van der Waals surface area contributed by atoms with Crippen LogP contribution in [0.3, 0.4) is 0 Å². The molecule has 0 aliphatic rings. The maximum atomic E-state index is 6.12. The van der Waals surface area contributed by atoms with Gasteiger partial charge in [0.25, 0.3) is 0 Å². The molecule has 0 aliphatic heterocycles. The molecule has 90 valence electrons. The van der Waals surface area contributed by atoms with Crippen molar-refractivity contribution in [2.24, 2.45) is 12.8 Å². The Morgan fingerprint density at radius 3 is 2.82 bits per heavy atom. The summed E-state index contributed by atoms with van der Waals surface area (Å²) in [6, 6.07) is 7.77. The van der Waals surface area contributed by atoms with Gasteiger partial charge in [0.15, 0.2) is 5.82 Å². The van der Waals surface area contributed by atoms with Crippen molar-refractivity contribution < 1.29 is 0 Å². The van der Waals surface area contributed by atoms with Crippen LogP contribution in [0.2, 0.25) is 5.02 Å². The minimum atomic E-state index is 0.565. The molecule has 1 aromatic heterocycles. The van der Waals surface area contributed by atoms with Gasteiger partial charge in [-0.25, -0.2) is 4.98 Å². The largest absolute Gasteiger partial charge is 0.330 e. The van der Waals surface area contributed by atoms with Crippen molar-refractivity contribution in [2.45, 2.75) is 12.8 Å². The zero-order chi connectivity index (χ0) is 12.3. The predicted octanol–water partition coefficient (Wildman–Crippen LogP) is 1.56. The van der Waals surface area contributed by atoms with E-state index in [1.807, 2.05) is 31.3 Å². The molecule has 0 saturated carbocycles. The smallest absolute Gasteiger partial charge is 0.152 e. The van der Waals surface area contributed by atoms with Crippen molar-refractivity contribution in [1.82, 2.24) is 14.8 Å². The van der Waals surface area contributed by atoms with Crippen LogP contribution in [0.5, 0.6) is 0 Å². The minimum absolute atomic E-state index is 0.565. The monoisotopic (exact) mass is 250 g/mol. The normalized spacial score (nSPS) is 10.8. The van der Waals surface area contributed by atoms with Gasteiger partial charge in [-0.05, 0) is 18.2 Å².